The van der Waals surface area contributed by atoms with E-state index in [1.165, 1.54) is 60.8 Å². The Labute approximate surface area is 147 Å². The SMILES string of the molecule is Cc1cc2c(cc1C)C(C(C)(C)C1=CC3=C(CCCCC3)C1)C=C2. The van der Waals surface area contributed by atoms with Gasteiger partial charge in [0.1, 0.15) is 0 Å². The van der Waals surface area contributed by atoms with Crippen LogP contribution in [0.5, 0.6) is 0 Å². The highest BCUT2D eigenvalue weighted by Crippen LogP contribution is 2.52. The Morgan fingerprint density at radius 1 is 0.958 bits per heavy atom. The highest BCUT2D eigenvalue weighted by Gasteiger charge is 2.37. The Hall–Kier alpha value is -1.56. The van der Waals surface area contributed by atoms with Crippen molar-refractivity contribution in [1.82, 2.24) is 0 Å². The minimum Gasteiger partial charge on any atom is -0.0755 e. The summed E-state index contributed by atoms with van der Waals surface area (Å²) in [7, 11) is 0. The van der Waals surface area contributed by atoms with Gasteiger partial charge in [-0.15, -0.1) is 0 Å². The predicted molar refractivity (Wildman–Crippen MR) is 104 cm³/mol. The summed E-state index contributed by atoms with van der Waals surface area (Å²) >= 11 is 0. The van der Waals surface area contributed by atoms with E-state index in [4.69, 9.17) is 0 Å². The Balaban J connectivity index is 1.65. The molecule has 1 aromatic rings. The first kappa shape index (κ1) is 15.9. The quantitative estimate of drug-likeness (QED) is 0.549. The average molecular weight is 319 g/mol. The molecular weight excluding hydrogens is 288 g/mol. The molecule has 3 aliphatic rings. The number of aryl methyl sites for hydroxylation is 2. The first-order chi connectivity index (χ1) is 11.5. The van der Waals surface area contributed by atoms with Crippen LogP contribution in [-0.4, -0.2) is 0 Å². The zero-order chi connectivity index (χ0) is 16.9. The van der Waals surface area contributed by atoms with Crippen molar-refractivity contribution in [1.29, 1.82) is 0 Å². The maximum Gasteiger partial charge on any atom is 0.0116 e. The van der Waals surface area contributed by atoms with E-state index in [2.05, 4.69) is 58.1 Å². The molecule has 0 amide bonds. The molecule has 0 radical (unpaired) electrons. The molecule has 0 nitrogen and oxygen atoms in total. The number of allylic oxidation sites excluding steroid dienone is 5. The number of benzene rings is 1. The molecule has 1 aromatic carbocycles. The lowest BCUT2D eigenvalue weighted by molar-refractivity contribution is 0.393. The summed E-state index contributed by atoms with van der Waals surface area (Å²) in [6.45, 7) is 9.40. The van der Waals surface area contributed by atoms with Crippen molar-refractivity contribution in [2.75, 3.05) is 0 Å². The summed E-state index contributed by atoms with van der Waals surface area (Å²) in [6.07, 6.45) is 15.4. The highest BCUT2D eigenvalue weighted by molar-refractivity contribution is 5.65. The third-order valence-corrected chi connectivity index (χ3v) is 6.74. The van der Waals surface area contributed by atoms with E-state index in [-0.39, 0.29) is 5.41 Å². The molecule has 0 saturated carbocycles. The molecule has 0 heterocycles. The second-order valence-corrected chi connectivity index (χ2v) is 8.66. The standard InChI is InChI=1S/C24H30/c1-16-12-20-10-11-23(22(20)13-17(16)2)24(3,4)21-14-18-8-6-5-7-9-19(18)15-21/h10-14,23H,5-9,15H2,1-4H3. The van der Waals surface area contributed by atoms with Crippen molar-refractivity contribution >= 4 is 6.08 Å². The molecule has 0 bridgehead atoms. The molecule has 0 N–H and O–H groups in total. The Bertz CT molecular complexity index is 767. The number of rotatable bonds is 2. The minimum absolute atomic E-state index is 0.204. The van der Waals surface area contributed by atoms with E-state index in [0.29, 0.717) is 5.92 Å². The number of fused-ring (bicyclic) bond motifs is 1. The third-order valence-electron chi connectivity index (χ3n) is 6.74. The molecule has 1 unspecified atom stereocenters. The van der Waals surface area contributed by atoms with Crippen LogP contribution >= 0.6 is 0 Å². The van der Waals surface area contributed by atoms with Crippen molar-refractivity contribution in [2.45, 2.75) is 72.1 Å². The van der Waals surface area contributed by atoms with Crippen molar-refractivity contribution in [2.24, 2.45) is 5.41 Å². The molecule has 0 spiro atoms. The van der Waals surface area contributed by atoms with Gasteiger partial charge in [0, 0.05) is 5.92 Å². The van der Waals surface area contributed by atoms with Crippen molar-refractivity contribution < 1.29 is 0 Å². The van der Waals surface area contributed by atoms with Crippen LogP contribution in [0.25, 0.3) is 6.08 Å². The molecule has 0 saturated heterocycles. The van der Waals surface area contributed by atoms with E-state index < -0.39 is 0 Å². The van der Waals surface area contributed by atoms with Crippen LogP contribution in [0.4, 0.5) is 0 Å². The van der Waals surface area contributed by atoms with E-state index in [1.807, 2.05) is 0 Å². The lowest BCUT2D eigenvalue weighted by Crippen LogP contribution is -2.22. The average Bonchev–Trinajstić information content (AvgIpc) is 3.07. The Morgan fingerprint density at radius 2 is 1.71 bits per heavy atom. The number of hydrogen-bond donors (Lipinski definition) is 0. The molecule has 0 heteroatoms. The normalized spacial score (nSPS) is 23.2. The molecule has 0 fully saturated rings. The van der Waals surface area contributed by atoms with Crippen LogP contribution in [-0.2, 0) is 0 Å². The molecule has 0 aromatic heterocycles. The van der Waals surface area contributed by atoms with Crippen LogP contribution < -0.4 is 0 Å². The maximum absolute atomic E-state index is 2.58. The first-order valence-electron chi connectivity index (χ1n) is 9.68. The fourth-order valence-electron chi connectivity index (χ4n) is 4.86. The van der Waals surface area contributed by atoms with Crippen LogP contribution in [0.2, 0.25) is 0 Å². The monoisotopic (exact) mass is 318 g/mol. The first-order valence-corrected chi connectivity index (χ1v) is 9.68. The second-order valence-electron chi connectivity index (χ2n) is 8.66. The van der Waals surface area contributed by atoms with Gasteiger partial charge in [0.05, 0.1) is 0 Å². The molecule has 1 atom stereocenters. The Morgan fingerprint density at radius 3 is 2.54 bits per heavy atom. The van der Waals surface area contributed by atoms with Crippen LogP contribution in [0.3, 0.4) is 0 Å². The summed E-state index contributed by atoms with van der Waals surface area (Å²) in [5.74, 6) is 0.515. The summed E-state index contributed by atoms with van der Waals surface area (Å²) in [5.41, 5.74) is 11.1. The molecule has 126 valence electrons. The van der Waals surface area contributed by atoms with Gasteiger partial charge in [0.25, 0.3) is 0 Å². The van der Waals surface area contributed by atoms with Crippen molar-refractivity contribution in [3.8, 4) is 0 Å². The van der Waals surface area contributed by atoms with Crippen LogP contribution in [0, 0.1) is 19.3 Å². The van der Waals surface area contributed by atoms with Gasteiger partial charge < -0.3 is 0 Å². The minimum atomic E-state index is 0.204. The topological polar surface area (TPSA) is 0 Å². The largest absolute Gasteiger partial charge is 0.0755 e. The van der Waals surface area contributed by atoms with E-state index in [0.717, 1.165) is 0 Å². The van der Waals surface area contributed by atoms with Gasteiger partial charge in [-0.05, 0) is 79.2 Å². The van der Waals surface area contributed by atoms with Crippen molar-refractivity contribution in [3.05, 3.63) is 63.3 Å². The molecule has 3 aliphatic carbocycles. The van der Waals surface area contributed by atoms with Gasteiger partial charge >= 0.3 is 0 Å². The zero-order valence-electron chi connectivity index (χ0n) is 15.7. The predicted octanol–water partition coefficient (Wildman–Crippen LogP) is 7.03. The van der Waals surface area contributed by atoms with E-state index >= 15 is 0 Å². The van der Waals surface area contributed by atoms with Gasteiger partial charge in [-0.25, -0.2) is 0 Å². The highest BCUT2D eigenvalue weighted by atomic mass is 14.4. The summed E-state index contributed by atoms with van der Waals surface area (Å²) in [6, 6.07) is 4.80. The van der Waals surface area contributed by atoms with Crippen molar-refractivity contribution in [3.63, 3.8) is 0 Å². The van der Waals surface area contributed by atoms with Crippen LogP contribution in [0.15, 0.2) is 41.0 Å². The molecular formula is C24H30. The van der Waals surface area contributed by atoms with E-state index in [1.54, 1.807) is 16.7 Å². The van der Waals surface area contributed by atoms with Gasteiger partial charge in [-0.3, -0.25) is 0 Å². The van der Waals surface area contributed by atoms with Gasteiger partial charge in [-0.1, -0.05) is 61.8 Å². The summed E-state index contributed by atoms with van der Waals surface area (Å²) < 4.78 is 0. The van der Waals surface area contributed by atoms with Gasteiger partial charge in [0.15, 0.2) is 0 Å². The Kier molecular flexibility index (Phi) is 3.82. The third kappa shape index (κ3) is 2.51. The lowest BCUT2D eigenvalue weighted by atomic mass is 9.70. The van der Waals surface area contributed by atoms with Crippen LogP contribution in [0.1, 0.15) is 80.5 Å². The summed E-state index contributed by atoms with van der Waals surface area (Å²) in [5, 5.41) is 0. The molecule has 24 heavy (non-hydrogen) atoms. The smallest absolute Gasteiger partial charge is 0.0116 e. The van der Waals surface area contributed by atoms with E-state index in [9.17, 15) is 0 Å². The zero-order valence-corrected chi connectivity index (χ0v) is 15.7. The molecule has 0 aliphatic heterocycles. The fourth-order valence-corrected chi connectivity index (χ4v) is 4.86. The van der Waals surface area contributed by atoms with Gasteiger partial charge in [0.2, 0.25) is 0 Å². The lowest BCUT2D eigenvalue weighted by Gasteiger charge is -2.34. The molecule has 4 rings (SSSR count). The summed E-state index contributed by atoms with van der Waals surface area (Å²) in [4.78, 5) is 0. The van der Waals surface area contributed by atoms with Gasteiger partial charge in [-0.2, -0.15) is 0 Å². The fraction of sp³-hybridized carbons (Fsp3) is 0.500. The number of hydrogen-bond acceptors (Lipinski definition) is 0. The second kappa shape index (κ2) is 5.76. The maximum atomic E-state index is 2.58.